The average molecular weight is 298 g/mol. The molecule has 5 heteroatoms. The molecule has 1 aromatic heterocycles. The third-order valence-electron chi connectivity index (χ3n) is 2.14. The molecule has 1 atom stereocenters. The molecule has 3 nitrogen and oxygen atoms in total. The lowest BCUT2D eigenvalue weighted by atomic mass is 10.2. The molecule has 16 heavy (non-hydrogen) atoms. The van der Waals surface area contributed by atoms with Gasteiger partial charge in [0.25, 0.3) is 0 Å². The summed E-state index contributed by atoms with van der Waals surface area (Å²) in [5.74, 6) is 0. The van der Waals surface area contributed by atoms with E-state index in [1.54, 1.807) is 11.3 Å². The van der Waals surface area contributed by atoms with E-state index in [1.807, 2.05) is 19.1 Å². The Kier molecular flexibility index (Phi) is 3.68. The summed E-state index contributed by atoms with van der Waals surface area (Å²) in [5, 5.41) is 10.1. The van der Waals surface area contributed by atoms with E-state index in [1.165, 1.54) is 5.56 Å². The normalized spacial score (nSPS) is 12.7. The Morgan fingerprint density at radius 1 is 1.31 bits per heavy atom. The van der Waals surface area contributed by atoms with Crippen LogP contribution in [0.5, 0.6) is 0 Å². The molecule has 2 aromatic rings. The highest BCUT2D eigenvalue weighted by Crippen LogP contribution is 2.19. The predicted octanol–water partition coefficient (Wildman–Crippen LogP) is 2.91. The smallest absolute Gasteiger partial charge is 0.133 e. The van der Waals surface area contributed by atoms with Crippen molar-refractivity contribution in [1.29, 1.82) is 0 Å². The molecule has 0 saturated carbocycles. The van der Waals surface area contributed by atoms with E-state index < -0.39 is 0 Å². The van der Waals surface area contributed by atoms with Crippen LogP contribution in [0, 0.1) is 0 Å². The van der Waals surface area contributed by atoms with Gasteiger partial charge in [0.2, 0.25) is 0 Å². The van der Waals surface area contributed by atoms with Gasteiger partial charge in [0.1, 0.15) is 10.0 Å². The van der Waals surface area contributed by atoms with Crippen LogP contribution >= 0.6 is 27.3 Å². The molecule has 0 aliphatic carbocycles. The SMILES string of the molecule is CC(N)c1nnc(Cc2ccc(Br)cc2)s1. The maximum atomic E-state index is 5.74. The van der Waals surface area contributed by atoms with Gasteiger partial charge >= 0.3 is 0 Å². The van der Waals surface area contributed by atoms with Gasteiger partial charge in [-0.3, -0.25) is 0 Å². The molecule has 0 bridgehead atoms. The molecule has 1 unspecified atom stereocenters. The highest BCUT2D eigenvalue weighted by Gasteiger charge is 2.08. The average Bonchev–Trinajstić information content (AvgIpc) is 2.70. The quantitative estimate of drug-likeness (QED) is 0.948. The summed E-state index contributed by atoms with van der Waals surface area (Å²) in [7, 11) is 0. The molecule has 0 spiro atoms. The minimum absolute atomic E-state index is 0.0313. The summed E-state index contributed by atoms with van der Waals surface area (Å²) in [6, 6.07) is 8.19. The highest BCUT2D eigenvalue weighted by atomic mass is 79.9. The summed E-state index contributed by atoms with van der Waals surface area (Å²) in [4.78, 5) is 0. The van der Waals surface area contributed by atoms with Crippen LogP contribution in [-0.4, -0.2) is 10.2 Å². The fourth-order valence-corrected chi connectivity index (χ4v) is 2.39. The zero-order chi connectivity index (χ0) is 11.5. The molecule has 2 rings (SSSR count). The largest absolute Gasteiger partial charge is 0.322 e. The number of hydrogen-bond acceptors (Lipinski definition) is 4. The Labute approximate surface area is 107 Å². The second kappa shape index (κ2) is 5.03. The van der Waals surface area contributed by atoms with Crippen LogP contribution in [0.15, 0.2) is 28.7 Å². The van der Waals surface area contributed by atoms with Crippen molar-refractivity contribution >= 4 is 27.3 Å². The minimum Gasteiger partial charge on any atom is -0.322 e. The Bertz CT molecular complexity index is 464. The molecule has 84 valence electrons. The summed E-state index contributed by atoms with van der Waals surface area (Å²) in [6.45, 7) is 1.92. The Balaban J connectivity index is 2.11. The Morgan fingerprint density at radius 3 is 2.56 bits per heavy atom. The van der Waals surface area contributed by atoms with Gasteiger partial charge in [-0.15, -0.1) is 10.2 Å². The van der Waals surface area contributed by atoms with Gasteiger partial charge in [0.15, 0.2) is 0 Å². The van der Waals surface area contributed by atoms with Gasteiger partial charge in [0, 0.05) is 10.9 Å². The number of nitrogens with two attached hydrogens (primary N) is 1. The first kappa shape index (κ1) is 11.7. The summed E-state index contributed by atoms with van der Waals surface area (Å²) in [5.41, 5.74) is 6.97. The number of halogens is 1. The molecule has 0 radical (unpaired) electrons. The molecule has 2 N–H and O–H groups in total. The number of hydrogen-bond donors (Lipinski definition) is 1. The van der Waals surface area contributed by atoms with Crippen molar-refractivity contribution in [2.24, 2.45) is 5.73 Å². The van der Waals surface area contributed by atoms with Crippen LogP contribution < -0.4 is 5.73 Å². The molecule has 1 heterocycles. The maximum absolute atomic E-state index is 5.74. The third-order valence-corrected chi connectivity index (χ3v) is 3.79. The molecule has 0 amide bonds. The topological polar surface area (TPSA) is 51.8 Å². The van der Waals surface area contributed by atoms with Crippen molar-refractivity contribution in [2.75, 3.05) is 0 Å². The fraction of sp³-hybridized carbons (Fsp3) is 0.273. The Morgan fingerprint density at radius 2 is 2.00 bits per heavy atom. The van der Waals surface area contributed by atoms with Crippen LogP contribution in [0.4, 0.5) is 0 Å². The third kappa shape index (κ3) is 2.87. The molecule has 0 aliphatic heterocycles. The first-order chi connectivity index (χ1) is 7.65. The van der Waals surface area contributed by atoms with E-state index in [0.717, 1.165) is 20.9 Å². The van der Waals surface area contributed by atoms with Gasteiger partial charge in [-0.2, -0.15) is 0 Å². The molecule has 0 aliphatic rings. The number of benzene rings is 1. The van der Waals surface area contributed by atoms with Gasteiger partial charge in [-0.1, -0.05) is 39.4 Å². The second-order valence-electron chi connectivity index (χ2n) is 3.63. The first-order valence-electron chi connectivity index (χ1n) is 4.97. The lowest BCUT2D eigenvalue weighted by Crippen LogP contribution is -2.03. The van der Waals surface area contributed by atoms with Crippen molar-refractivity contribution in [3.8, 4) is 0 Å². The van der Waals surface area contributed by atoms with Gasteiger partial charge < -0.3 is 5.73 Å². The van der Waals surface area contributed by atoms with E-state index in [-0.39, 0.29) is 6.04 Å². The Hall–Kier alpha value is -0.780. The molecule has 0 saturated heterocycles. The zero-order valence-corrected chi connectivity index (χ0v) is 11.3. The zero-order valence-electron chi connectivity index (χ0n) is 8.85. The highest BCUT2D eigenvalue weighted by molar-refractivity contribution is 9.10. The standard InChI is InChI=1S/C11H12BrN3S/c1-7(13)11-15-14-10(16-11)6-8-2-4-9(12)5-3-8/h2-5,7H,6,13H2,1H3. The van der Waals surface area contributed by atoms with Crippen molar-refractivity contribution in [3.63, 3.8) is 0 Å². The minimum atomic E-state index is -0.0313. The lowest BCUT2D eigenvalue weighted by molar-refractivity contribution is 0.782. The van der Waals surface area contributed by atoms with E-state index >= 15 is 0 Å². The second-order valence-corrected chi connectivity index (χ2v) is 5.64. The fourth-order valence-electron chi connectivity index (χ4n) is 1.30. The van der Waals surface area contributed by atoms with Crippen LogP contribution in [0.2, 0.25) is 0 Å². The molecular formula is C11H12BrN3S. The van der Waals surface area contributed by atoms with Crippen molar-refractivity contribution in [1.82, 2.24) is 10.2 Å². The first-order valence-corrected chi connectivity index (χ1v) is 6.58. The summed E-state index contributed by atoms with van der Waals surface area (Å²) >= 11 is 4.99. The van der Waals surface area contributed by atoms with Gasteiger partial charge in [-0.25, -0.2) is 0 Å². The van der Waals surface area contributed by atoms with E-state index in [2.05, 4.69) is 38.3 Å². The van der Waals surface area contributed by atoms with E-state index in [0.29, 0.717) is 0 Å². The van der Waals surface area contributed by atoms with Gasteiger partial charge in [0.05, 0.1) is 6.04 Å². The lowest BCUT2D eigenvalue weighted by Gasteiger charge is -1.97. The monoisotopic (exact) mass is 297 g/mol. The van der Waals surface area contributed by atoms with Crippen LogP contribution in [0.3, 0.4) is 0 Å². The predicted molar refractivity (Wildman–Crippen MR) is 69.5 cm³/mol. The molecule has 0 fully saturated rings. The summed E-state index contributed by atoms with van der Waals surface area (Å²) in [6.07, 6.45) is 0.817. The van der Waals surface area contributed by atoms with Crippen molar-refractivity contribution in [3.05, 3.63) is 44.3 Å². The van der Waals surface area contributed by atoms with Crippen LogP contribution in [0.1, 0.15) is 28.5 Å². The number of aromatic nitrogens is 2. The maximum Gasteiger partial charge on any atom is 0.133 e. The van der Waals surface area contributed by atoms with Crippen LogP contribution in [0.25, 0.3) is 0 Å². The molecule has 1 aromatic carbocycles. The van der Waals surface area contributed by atoms with Crippen molar-refractivity contribution < 1.29 is 0 Å². The number of nitrogens with zero attached hydrogens (tertiary/aromatic N) is 2. The summed E-state index contributed by atoms with van der Waals surface area (Å²) < 4.78 is 1.09. The van der Waals surface area contributed by atoms with E-state index in [9.17, 15) is 0 Å². The van der Waals surface area contributed by atoms with Crippen molar-refractivity contribution in [2.45, 2.75) is 19.4 Å². The number of rotatable bonds is 3. The molecular weight excluding hydrogens is 286 g/mol. The van der Waals surface area contributed by atoms with Crippen LogP contribution in [-0.2, 0) is 6.42 Å². The van der Waals surface area contributed by atoms with Gasteiger partial charge in [-0.05, 0) is 24.6 Å². The van der Waals surface area contributed by atoms with E-state index in [4.69, 9.17) is 5.73 Å².